The molecule has 0 spiro atoms. The molecule has 0 bridgehead atoms. The molecule has 0 fully saturated rings. The first kappa shape index (κ1) is 17.3. The molecule has 3 aromatic rings. The lowest BCUT2D eigenvalue weighted by Crippen LogP contribution is -2.19. The number of fused-ring (bicyclic) bond motifs is 1. The van der Waals surface area contributed by atoms with Crippen molar-refractivity contribution in [3.63, 3.8) is 0 Å². The van der Waals surface area contributed by atoms with Crippen LogP contribution in [0.4, 0.5) is 5.69 Å². The van der Waals surface area contributed by atoms with Crippen LogP contribution < -0.4 is 10.1 Å². The van der Waals surface area contributed by atoms with Gasteiger partial charge in [-0.3, -0.25) is 4.79 Å². The lowest BCUT2D eigenvalue weighted by molar-refractivity contribution is -0.117. The van der Waals surface area contributed by atoms with Crippen molar-refractivity contribution in [2.75, 3.05) is 12.4 Å². The highest BCUT2D eigenvalue weighted by Crippen LogP contribution is 2.27. The summed E-state index contributed by atoms with van der Waals surface area (Å²) in [4.78, 5) is 12.6. The van der Waals surface area contributed by atoms with E-state index in [4.69, 9.17) is 16.3 Å². The van der Waals surface area contributed by atoms with Crippen molar-refractivity contribution >= 4 is 34.0 Å². The quantitative estimate of drug-likeness (QED) is 0.667. The summed E-state index contributed by atoms with van der Waals surface area (Å²) in [5.74, 6) is 0.447. The van der Waals surface area contributed by atoms with Crippen molar-refractivity contribution in [1.29, 1.82) is 0 Å². The number of ether oxygens (including phenoxy) is 1. The molecule has 3 nitrogen and oxygen atoms in total. The van der Waals surface area contributed by atoms with Gasteiger partial charge >= 0.3 is 0 Å². The number of halogens is 1. The lowest BCUT2D eigenvalue weighted by atomic mass is 9.97. The van der Waals surface area contributed by atoms with Gasteiger partial charge in [0.1, 0.15) is 5.75 Å². The second-order valence-electron chi connectivity index (χ2n) is 6.17. The average Bonchev–Trinajstić information content (AvgIpc) is 2.62. The summed E-state index contributed by atoms with van der Waals surface area (Å²) in [5, 5.41) is 5.61. The molecule has 1 atom stereocenters. The summed E-state index contributed by atoms with van der Waals surface area (Å²) in [5.41, 5.74) is 2.65. The summed E-state index contributed by atoms with van der Waals surface area (Å²) < 4.78 is 5.25. The number of carbonyl (C=O) groups excluding carboxylic acids is 1. The van der Waals surface area contributed by atoms with Crippen LogP contribution in [0.2, 0.25) is 5.02 Å². The average molecular weight is 354 g/mol. The Labute approximate surface area is 152 Å². The van der Waals surface area contributed by atoms with Crippen molar-refractivity contribution < 1.29 is 9.53 Å². The van der Waals surface area contributed by atoms with Gasteiger partial charge in [0.2, 0.25) is 5.91 Å². The lowest BCUT2D eigenvalue weighted by Gasteiger charge is -2.15. The first-order valence-corrected chi connectivity index (χ1v) is 8.50. The number of hydrogen-bond donors (Lipinski definition) is 1. The smallest absolute Gasteiger partial charge is 0.231 e. The number of carbonyl (C=O) groups is 1. The number of nitrogens with one attached hydrogen (secondary N) is 1. The highest BCUT2D eigenvalue weighted by molar-refractivity contribution is 6.33. The molecule has 1 amide bonds. The Hall–Kier alpha value is -2.52. The maximum Gasteiger partial charge on any atom is 0.231 e. The van der Waals surface area contributed by atoms with Gasteiger partial charge in [0, 0.05) is 0 Å². The van der Waals surface area contributed by atoms with E-state index in [-0.39, 0.29) is 11.8 Å². The van der Waals surface area contributed by atoms with Crippen LogP contribution in [0, 0.1) is 6.92 Å². The van der Waals surface area contributed by atoms with Crippen molar-refractivity contribution in [1.82, 2.24) is 0 Å². The molecule has 0 aliphatic carbocycles. The molecule has 0 saturated heterocycles. The predicted molar refractivity (Wildman–Crippen MR) is 104 cm³/mol. The molecule has 128 valence electrons. The molecule has 0 aromatic heterocycles. The molecular formula is C21H20ClNO2. The Bertz CT molecular complexity index is 936. The third-order valence-corrected chi connectivity index (χ3v) is 4.66. The molecule has 0 saturated carbocycles. The summed E-state index contributed by atoms with van der Waals surface area (Å²) in [6.45, 7) is 3.85. The second-order valence-corrected chi connectivity index (χ2v) is 6.57. The maximum absolute atomic E-state index is 12.6. The van der Waals surface area contributed by atoms with Crippen LogP contribution in [0.5, 0.6) is 5.75 Å². The molecule has 0 unspecified atom stereocenters. The summed E-state index contributed by atoms with van der Waals surface area (Å²) in [7, 11) is 1.65. The number of rotatable bonds is 4. The van der Waals surface area contributed by atoms with Gasteiger partial charge in [-0.25, -0.2) is 0 Å². The fourth-order valence-electron chi connectivity index (χ4n) is 2.75. The molecule has 0 aliphatic rings. The van der Waals surface area contributed by atoms with Crippen molar-refractivity contribution in [2.24, 2.45) is 0 Å². The fourth-order valence-corrected chi connectivity index (χ4v) is 3.03. The van der Waals surface area contributed by atoms with Crippen LogP contribution in [0.15, 0.2) is 54.6 Å². The van der Waals surface area contributed by atoms with Crippen molar-refractivity contribution in [3.05, 3.63) is 70.7 Å². The van der Waals surface area contributed by atoms with Gasteiger partial charge in [-0.1, -0.05) is 41.9 Å². The fraction of sp³-hybridized carbons (Fsp3) is 0.190. The molecule has 3 rings (SSSR count). The summed E-state index contributed by atoms with van der Waals surface area (Å²) >= 11 is 6.20. The highest BCUT2D eigenvalue weighted by atomic mass is 35.5. The topological polar surface area (TPSA) is 38.3 Å². The van der Waals surface area contributed by atoms with Crippen LogP contribution >= 0.6 is 11.6 Å². The van der Waals surface area contributed by atoms with E-state index in [2.05, 4.69) is 5.32 Å². The third kappa shape index (κ3) is 3.77. The Morgan fingerprint density at radius 3 is 2.48 bits per heavy atom. The molecule has 3 aromatic carbocycles. The van der Waals surface area contributed by atoms with Gasteiger partial charge in [0.15, 0.2) is 0 Å². The zero-order chi connectivity index (χ0) is 18.0. The Balaban J connectivity index is 1.82. The minimum Gasteiger partial charge on any atom is -0.497 e. The molecule has 4 heteroatoms. The number of hydrogen-bond acceptors (Lipinski definition) is 2. The number of amides is 1. The van der Waals surface area contributed by atoms with E-state index in [1.165, 1.54) is 0 Å². The Kier molecular flexibility index (Phi) is 4.95. The van der Waals surface area contributed by atoms with Crippen LogP contribution in [0.3, 0.4) is 0 Å². The SMILES string of the molecule is COc1ccc2cc([C@H](C)C(=O)Nc3ccc(C)cc3Cl)ccc2c1. The molecule has 0 aliphatic heterocycles. The molecule has 25 heavy (non-hydrogen) atoms. The number of benzene rings is 3. The van der Waals surface area contributed by atoms with Gasteiger partial charge in [-0.05, 0) is 60.0 Å². The van der Waals surface area contributed by atoms with E-state index >= 15 is 0 Å². The largest absolute Gasteiger partial charge is 0.497 e. The van der Waals surface area contributed by atoms with Crippen molar-refractivity contribution in [3.8, 4) is 5.75 Å². The third-order valence-electron chi connectivity index (χ3n) is 4.35. The van der Waals surface area contributed by atoms with Crippen LogP contribution in [0.25, 0.3) is 10.8 Å². The van der Waals surface area contributed by atoms with E-state index in [1.54, 1.807) is 7.11 Å². The van der Waals surface area contributed by atoms with Crippen LogP contribution in [0.1, 0.15) is 24.0 Å². The van der Waals surface area contributed by atoms with Crippen molar-refractivity contribution in [2.45, 2.75) is 19.8 Å². The van der Waals surface area contributed by atoms with E-state index < -0.39 is 0 Å². The van der Waals surface area contributed by atoms with E-state index in [9.17, 15) is 4.79 Å². The number of aryl methyl sites for hydroxylation is 1. The zero-order valence-corrected chi connectivity index (χ0v) is 15.2. The van der Waals surface area contributed by atoms with Crippen LogP contribution in [-0.4, -0.2) is 13.0 Å². The standard InChI is InChI=1S/C21H20ClNO2/c1-13-4-9-20(19(22)10-13)23-21(24)14(2)15-5-6-17-12-18(25-3)8-7-16(17)11-15/h4-12,14H,1-3H3,(H,23,24)/t14-/m0/s1. The van der Waals surface area contributed by atoms with Crippen LogP contribution in [-0.2, 0) is 4.79 Å². The highest BCUT2D eigenvalue weighted by Gasteiger charge is 2.17. The first-order valence-electron chi connectivity index (χ1n) is 8.12. The minimum atomic E-state index is -0.288. The minimum absolute atomic E-state index is 0.0846. The first-order chi connectivity index (χ1) is 12.0. The predicted octanol–water partition coefficient (Wildman–Crippen LogP) is 5.55. The van der Waals surface area contributed by atoms with Gasteiger partial charge in [-0.2, -0.15) is 0 Å². The molecular weight excluding hydrogens is 334 g/mol. The van der Waals surface area contributed by atoms with E-state index in [1.807, 2.05) is 68.4 Å². The van der Waals surface area contributed by atoms with Gasteiger partial charge in [0.05, 0.1) is 23.7 Å². The van der Waals surface area contributed by atoms with E-state index in [0.29, 0.717) is 10.7 Å². The summed E-state index contributed by atoms with van der Waals surface area (Å²) in [6, 6.07) is 17.5. The second kappa shape index (κ2) is 7.16. The van der Waals surface area contributed by atoms with Gasteiger partial charge < -0.3 is 10.1 Å². The molecule has 1 N–H and O–H groups in total. The Morgan fingerprint density at radius 1 is 1.04 bits per heavy atom. The maximum atomic E-state index is 12.6. The summed E-state index contributed by atoms with van der Waals surface area (Å²) in [6.07, 6.45) is 0. The monoisotopic (exact) mass is 353 g/mol. The number of methoxy groups -OCH3 is 1. The number of anilines is 1. The molecule has 0 radical (unpaired) electrons. The van der Waals surface area contributed by atoms with E-state index in [0.717, 1.165) is 27.6 Å². The van der Waals surface area contributed by atoms with Gasteiger partial charge in [-0.15, -0.1) is 0 Å². The molecule has 0 heterocycles. The Morgan fingerprint density at radius 2 is 1.76 bits per heavy atom. The van der Waals surface area contributed by atoms with Gasteiger partial charge in [0.25, 0.3) is 0 Å². The normalized spacial score (nSPS) is 12.0. The zero-order valence-electron chi connectivity index (χ0n) is 14.5.